The number of nitrogens with zero attached hydrogens (tertiary/aromatic N) is 2. The molecule has 0 amide bonds. The Bertz CT molecular complexity index is 1030. The monoisotopic (exact) mass is 544 g/mol. The number of carboxylic acids is 2. The second-order valence-electron chi connectivity index (χ2n) is 5.44. The molecule has 187 valence electrons. The van der Waals surface area contributed by atoms with Gasteiger partial charge in [0, 0.05) is 12.4 Å². The summed E-state index contributed by atoms with van der Waals surface area (Å²) in [7, 11) is -3.98. The van der Waals surface area contributed by atoms with Crippen LogP contribution in [0.5, 0.6) is 0 Å². The predicted molar refractivity (Wildman–Crippen MR) is 118 cm³/mol. The summed E-state index contributed by atoms with van der Waals surface area (Å²) in [4.78, 5) is 28.6. The molecule has 0 fully saturated rings. The van der Waals surface area contributed by atoms with Crippen LogP contribution in [0.3, 0.4) is 0 Å². The molecule has 0 aliphatic carbocycles. The normalized spacial score (nSPS) is 8.94. The van der Waals surface area contributed by atoms with Crippen molar-refractivity contribution >= 4 is 22.0 Å². The zero-order chi connectivity index (χ0) is 21.3. The summed E-state index contributed by atoms with van der Waals surface area (Å²) in [6, 6.07) is 15.7. The maximum absolute atomic E-state index is 11.5. The van der Waals surface area contributed by atoms with E-state index in [2.05, 4.69) is 9.97 Å². The van der Waals surface area contributed by atoms with Gasteiger partial charge in [-0.15, -0.1) is 0 Å². The average Bonchev–Trinajstić information content (AvgIpc) is 2.74. The first-order valence-electron chi connectivity index (χ1n) is 8.13. The molecule has 1 radical (unpaired) electrons. The second kappa shape index (κ2) is 18.2. The Morgan fingerprint density at radius 1 is 0.765 bits per heavy atom. The molecule has 1 aromatic carbocycles. The Balaban J connectivity index is -0.000000239. The summed E-state index contributed by atoms with van der Waals surface area (Å²) in [6.45, 7) is -0.857. The first kappa shape index (κ1) is 38.0. The van der Waals surface area contributed by atoms with Crippen LogP contribution < -0.4 is 14.9 Å². The molecule has 3 aromatic rings. The van der Waals surface area contributed by atoms with Gasteiger partial charge in [-0.05, 0) is 42.0 Å². The molecule has 0 aliphatic heterocycles. The number of benzene rings is 1. The number of carboxylic acid groups (broad SMARTS) is 2. The van der Waals surface area contributed by atoms with Gasteiger partial charge < -0.3 is 41.7 Å². The number of aromatic nitrogens is 2. The number of hydrogen-bond donors (Lipinski definition) is 1. The summed E-state index contributed by atoms with van der Waals surface area (Å²) in [5, 5.41) is 20.5. The van der Waals surface area contributed by atoms with Crippen molar-refractivity contribution in [1.29, 1.82) is 0 Å². The van der Waals surface area contributed by atoms with Gasteiger partial charge in [0.1, 0.15) is 0 Å². The van der Waals surface area contributed by atoms with Gasteiger partial charge in [0.2, 0.25) is 10.0 Å². The zero-order valence-electron chi connectivity index (χ0n) is 17.6. The fourth-order valence-corrected chi connectivity index (χ4v) is 3.00. The molecule has 0 saturated heterocycles. The van der Waals surface area contributed by atoms with Gasteiger partial charge in [-0.2, -0.15) is 0 Å². The Morgan fingerprint density at radius 2 is 1.21 bits per heavy atom. The van der Waals surface area contributed by atoms with Crippen molar-refractivity contribution in [3.63, 3.8) is 0 Å². The van der Waals surface area contributed by atoms with Gasteiger partial charge in [0.25, 0.3) is 0 Å². The van der Waals surface area contributed by atoms with Crippen molar-refractivity contribution in [2.45, 2.75) is 4.90 Å². The molecule has 2 aromatic heterocycles. The molecular weight excluding hydrogens is 517 g/mol. The van der Waals surface area contributed by atoms with E-state index in [-0.39, 0.29) is 49.4 Å². The van der Waals surface area contributed by atoms with Crippen LogP contribution in [-0.4, -0.2) is 36.9 Å². The number of aromatic carboxylic acids is 1. The minimum atomic E-state index is -3.98. The Morgan fingerprint density at radius 3 is 1.53 bits per heavy atom. The largest absolute Gasteiger partial charge is 2.00 e. The first-order valence-corrected chi connectivity index (χ1v) is 9.61. The molecule has 0 unspecified atom stereocenters. The summed E-state index contributed by atoms with van der Waals surface area (Å²) in [5.74, 6) is -3.00. The quantitative estimate of drug-likeness (QED) is 0.232. The minimum absolute atomic E-state index is 0. The Kier molecular flexibility index (Phi) is 20.3. The van der Waals surface area contributed by atoms with Gasteiger partial charge in [-0.1, -0.05) is 24.3 Å². The maximum atomic E-state index is 11.5. The van der Waals surface area contributed by atoms with Crippen LogP contribution in [0.2, 0.25) is 0 Å². The number of sulfonamides is 1. The minimum Gasteiger partial charge on any atom is -0.549 e. The molecule has 0 atom stereocenters. The summed E-state index contributed by atoms with van der Waals surface area (Å²) in [6.07, 6.45) is 3.54. The van der Waals surface area contributed by atoms with Gasteiger partial charge in [-0.25, -0.2) is 13.1 Å². The van der Waals surface area contributed by atoms with Crippen LogP contribution in [0.15, 0.2) is 78.0 Å². The van der Waals surface area contributed by atoms with Crippen LogP contribution in [-0.2, 0) is 53.8 Å². The standard InChI is InChI=1S/C10H8N2.C9H9NO6S.Mn.4H2O/c1-3-7-11-9(5-1)10-6-2-4-8-12-10;11-8(12)5-10-17(15,16)7-3-1-6(2-4-7)9(13)14;;;;;/h1-8H;1-4,10H,5H2,(H,11,12)(H,13,14);;4*1H2/q;;+2;;;;/p+2. The fourth-order valence-electron chi connectivity index (χ4n) is 2.04. The SMILES string of the molecule is O=C([O-])CNS(=O)(=O)c1ccc(C(=O)[O-])cc1.[Mn+2].[OH3+].[OH3+].[OH3+].[OH3+].c1ccc(-c2ccccn2)nc1. The van der Waals surface area contributed by atoms with E-state index in [1.165, 1.54) is 0 Å². The summed E-state index contributed by atoms with van der Waals surface area (Å²) < 4.78 is 24.7. The van der Waals surface area contributed by atoms with E-state index < -0.39 is 28.5 Å². The van der Waals surface area contributed by atoms with Crippen molar-refractivity contribution in [2.75, 3.05) is 6.54 Å². The van der Waals surface area contributed by atoms with Crippen LogP contribution in [0.4, 0.5) is 0 Å². The van der Waals surface area contributed by atoms with Crippen molar-refractivity contribution in [2.24, 2.45) is 0 Å². The van der Waals surface area contributed by atoms with Gasteiger partial charge in [0.15, 0.2) is 0 Å². The van der Waals surface area contributed by atoms with Crippen LogP contribution in [0.1, 0.15) is 10.4 Å². The molecule has 0 aliphatic rings. The molecule has 13 N–H and O–H groups in total. The fraction of sp³-hybridized carbons (Fsp3) is 0.0526. The molecular formula is C19H27MnN3O10S+4. The topological polar surface area (TPSA) is 284 Å². The van der Waals surface area contributed by atoms with Crippen molar-refractivity contribution in [1.82, 2.24) is 14.7 Å². The maximum Gasteiger partial charge on any atom is 2.00 e. The Labute approximate surface area is 205 Å². The molecule has 15 heteroatoms. The number of nitrogens with one attached hydrogen (secondary N) is 1. The van der Waals surface area contributed by atoms with Gasteiger partial charge >= 0.3 is 17.1 Å². The number of pyridine rings is 2. The predicted octanol–water partition coefficient (Wildman–Crippen LogP) is -4.47. The van der Waals surface area contributed by atoms with Gasteiger partial charge in [-0.3, -0.25) is 9.97 Å². The van der Waals surface area contributed by atoms with E-state index >= 15 is 0 Å². The number of carbonyl (C=O) groups is 2. The molecule has 0 bridgehead atoms. The number of aliphatic carboxylic acids is 1. The van der Waals surface area contributed by atoms with Crippen molar-refractivity contribution in [3.8, 4) is 11.4 Å². The zero-order valence-corrected chi connectivity index (χ0v) is 19.6. The summed E-state index contributed by atoms with van der Waals surface area (Å²) >= 11 is 0. The number of carbonyl (C=O) groups excluding carboxylic acids is 2. The van der Waals surface area contributed by atoms with Crippen LogP contribution in [0, 0.1) is 0 Å². The molecule has 0 saturated carbocycles. The third kappa shape index (κ3) is 12.1. The van der Waals surface area contributed by atoms with Crippen molar-refractivity contribution < 1.29 is 67.2 Å². The molecule has 13 nitrogen and oxygen atoms in total. The Hall–Kier alpha value is -3.27. The first-order chi connectivity index (χ1) is 13.8. The number of rotatable bonds is 6. The molecule has 0 spiro atoms. The van der Waals surface area contributed by atoms with E-state index in [1.54, 1.807) is 17.1 Å². The third-order valence-corrected chi connectivity index (χ3v) is 4.82. The molecule has 3 rings (SSSR count). The number of hydrogen-bond acceptors (Lipinski definition) is 8. The van der Waals surface area contributed by atoms with E-state index in [9.17, 15) is 28.2 Å². The third-order valence-electron chi connectivity index (χ3n) is 3.40. The van der Waals surface area contributed by atoms with E-state index in [0.29, 0.717) is 0 Å². The van der Waals surface area contributed by atoms with Crippen molar-refractivity contribution in [3.05, 3.63) is 78.6 Å². The molecule has 2 heterocycles. The van der Waals surface area contributed by atoms with E-state index in [0.717, 1.165) is 35.7 Å². The average molecular weight is 544 g/mol. The smallest absolute Gasteiger partial charge is 0.549 e. The summed E-state index contributed by atoms with van der Waals surface area (Å²) in [5.41, 5.74) is 1.65. The second-order valence-corrected chi connectivity index (χ2v) is 7.21. The van der Waals surface area contributed by atoms with E-state index in [1.807, 2.05) is 36.4 Å². The molecule has 34 heavy (non-hydrogen) atoms. The van der Waals surface area contributed by atoms with Crippen LogP contribution in [0.25, 0.3) is 11.4 Å². The van der Waals surface area contributed by atoms with Crippen LogP contribution >= 0.6 is 0 Å². The van der Waals surface area contributed by atoms with E-state index in [4.69, 9.17) is 0 Å². The van der Waals surface area contributed by atoms with Gasteiger partial charge in [0.05, 0.1) is 34.8 Å².